The lowest BCUT2D eigenvalue weighted by molar-refractivity contribution is -0.148. The van der Waals surface area contributed by atoms with E-state index in [1.165, 1.54) is 70.6 Å². The van der Waals surface area contributed by atoms with Crippen molar-refractivity contribution >= 4 is 0 Å². The first-order valence-electron chi connectivity index (χ1n) is 20.9. The SMILES string of the molecule is CCCCC=CC(O)(C(O)C(CCCCCCCC)CCCCCCCCCCC)C(O)C(c1ccccc1)(c1ccccc1)c1ccccc1. The Morgan fingerprint density at radius 1 is 0.490 bits per heavy atom. The summed E-state index contributed by atoms with van der Waals surface area (Å²) in [6, 6.07) is 30.3. The molecule has 3 aromatic carbocycles. The Balaban J connectivity index is 2.04. The summed E-state index contributed by atoms with van der Waals surface area (Å²) < 4.78 is 0. The van der Waals surface area contributed by atoms with Gasteiger partial charge in [0.1, 0.15) is 11.7 Å². The standard InChI is InChI=1S/C48H72O3/c1-4-7-10-13-15-16-17-19-24-33-41(32-23-18-14-11-8-5-2)45(49)47(51,40-31-12-9-6-3)46(50)48(42-34-25-20-26-35-42,43-36-27-21-28-37-43)44-38-29-22-30-39-44/h20-22,25-31,34-41,45-46,49-51H,4-19,23-24,32-33H2,1-3H3. The fraction of sp³-hybridized carbons (Fsp3) is 0.583. The summed E-state index contributed by atoms with van der Waals surface area (Å²) in [6.07, 6.45) is 24.1. The number of hydrogen-bond donors (Lipinski definition) is 3. The first kappa shape index (κ1) is 42.7. The van der Waals surface area contributed by atoms with Crippen LogP contribution in [0.2, 0.25) is 0 Å². The van der Waals surface area contributed by atoms with Gasteiger partial charge < -0.3 is 15.3 Å². The maximum absolute atomic E-state index is 13.2. The first-order valence-corrected chi connectivity index (χ1v) is 20.9. The van der Waals surface area contributed by atoms with E-state index in [0.29, 0.717) is 0 Å². The van der Waals surface area contributed by atoms with Gasteiger partial charge in [0.15, 0.2) is 0 Å². The van der Waals surface area contributed by atoms with Crippen molar-refractivity contribution < 1.29 is 15.3 Å². The molecule has 0 aromatic heterocycles. The van der Waals surface area contributed by atoms with E-state index in [1.807, 2.05) is 97.1 Å². The summed E-state index contributed by atoms with van der Waals surface area (Å²) in [7, 11) is 0. The van der Waals surface area contributed by atoms with Gasteiger partial charge in [0.2, 0.25) is 0 Å². The van der Waals surface area contributed by atoms with Crippen LogP contribution in [0, 0.1) is 5.92 Å². The number of aliphatic hydroxyl groups excluding tert-OH is 2. The molecular weight excluding hydrogens is 625 g/mol. The van der Waals surface area contributed by atoms with Crippen LogP contribution in [0.25, 0.3) is 0 Å². The Labute approximate surface area is 312 Å². The number of benzene rings is 3. The van der Waals surface area contributed by atoms with Crippen LogP contribution < -0.4 is 0 Å². The number of allylic oxidation sites excluding steroid dienone is 1. The van der Waals surface area contributed by atoms with Crippen molar-refractivity contribution in [2.45, 2.75) is 172 Å². The molecule has 0 spiro atoms. The summed E-state index contributed by atoms with van der Waals surface area (Å²) >= 11 is 0. The summed E-state index contributed by atoms with van der Waals surface area (Å²) in [5.74, 6) is -0.128. The van der Waals surface area contributed by atoms with E-state index in [-0.39, 0.29) is 5.92 Å². The first-order chi connectivity index (χ1) is 25.0. The van der Waals surface area contributed by atoms with Crippen LogP contribution in [-0.4, -0.2) is 33.1 Å². The van der Waals surface area contributed by atoms with Crippen LogP contribution in [0.4, 0.5) is 0 Å². The largest absolute Gasteiger partial charge is 0.389 e. The summed E-state index contributed by atoms with van der Waals surface area (Å²) in [5.41, 5.74) is -0.393. The molecule has 3 heteroatoms. The zero-order valence-electron chi connectivity index (χ0n) is 32.5. The highest BCUT2D eigenvalue weighted by molar-refractivity contribution is 5.53. The maximum atomic E-state index is 13.2. The van der Waals surface area contributed by atoms with Gasteiger partial charge in [-0.15, -0.1) is 0 Å². The van der Waals surface area contributed by atoms with Gasteiger partial charge in [-0.05, 0) is 41.9 Å². The van der Waals surface area contributed by atoms with Gasteiger partial charge in [-0.3, -0.25) is 0 Å². The Hall–Kier alpha value is -2.72. The zero-order valence-corrected chi connectivity index (χ0v) is 32.5. The average molecular weight is 697 g/mol. The van der Waals surface area contributed by atoms with Gasteiger partial charge in [-0.1, -0.05) is 233 Å². The van der Waals surface area contributed by atoms with Crippen molar-refractivity contribution in [1.29, 1.82) is 0 Å². The molecule has 0 aliphatic rings. The third kappa shape index (κ3) is 12.7. The van der Waals surface area contributed by atoms with E-state index in [1.54, 1.807) is 6.08 Å². The number of hydrogen-bond acceptors (Lipinski definition) is 3. The lowest BCUT2D eigenvalue weighted by Crippen LogP contribution is -2.62. The van der Waals surface area contributed by atoms with E-state index in [4.69, 9.17) is 0 Å². The molecule has 4 unspecified atom stereocenters. The van der Waals surface area contributed by atoms with Crippen LogP contribution in [-0.2, 0) is 5.41 Å². The molecule has 0 saturated carbocycles. The molecule has 0 heterocycles. The number of aliphatic hydroxyl groups is 3. The molecule has 282 valence electrons. The van der Waals surface area contributed by atoms with Crippen molar-refractivity contribution in [2.24, 2.45) is 5.92 Å². The van der Waals surface area contributed by atoms with Crippen molar-refractivity contribution in [3.05, 3.63) is 120 Å². The Morgan fingerprint density at radius 3 is 1.22 bits per heavy atom. The van der Waals surface area contributed by atoms with Crippen molar-refractivity contribution in [3.8, 4) is 0 Å². The van der Waals surface area contributed by atoms with Crippen LogP contribution >= 0.6 is 0 Å². The molecule has 4 atom stereocenters. The van der Waals surface area contributed by atoms with Gasteiger partial charge in [0.25, 0.3) is 0 Å². The predicted octanol–water partition coefficient (Wildman–Crippen LogP) is 12.5. The summed E-state index contributed by atoms with van der Waals surface area (Å²) in [4.78, 5) is 0. The average Bonchev–Trinajstić information content (AvgIpc) is 3.17. The second kappa shape index (κ2) is 24.5. The Kier molecular flexibility index (Phi) is 20.5. The molecule has 3 rings (SSSR count). The van der Waals surface area contributed by atoms with Crippen molar-refractivity contribution in [3.63, 3.8) is 0 Å². The molecule has 0 fully saturated rings. The molecule has 0 amide bonds. The second-order valence-electron chi connectivity index (χ2n) is 15.1. The fourth-order valence-electron chi connectivity index (χ4n) is 8.11. The topological polar surface area (TPSA) is 60.7 Å². The number of rotatable bonds is 28. The predicted molar refractivity (Wildman–Crippen MR) is 218 cm³/mol. The normalized spacial score (nSPS) is 15.1. The Morgan fingerprint density at radius 2 is 0.843 bits per heavy atom. The zero-order chi connectivity index (χ0) is 36.6. The van der Waals surface area contributed by atoms with E-state index in [2.05, 4.69) is 20.8 Å². The molecule has 51 heavy (non-hydrogen) atoms. The van der Waals surface area contributed by atoms with Crippen LogP contribution in [0.15, 0.2) is 103 Å². The molecule has 0 radical (unpaired) electrons. The van der Waals surface area contributed by atoms with Gasteiger partial charge in [0, 0.05) is 0 Å². The quantitative estimate of drug-likeness (QED) is 0.0402. The molecule has 0 saturated heterocycles. The third-order valence-corrected chi connectivity index (χ3v) is 11.2. The van der Waals surface area contributed by atoms with Crippen molar-refractivity contribution in [2.75, 3.05) is 0 Å². The van der Waals surface area contributed by atoms with Gasteiger partial charge in [0.05, 0.1) is 11.5 Å². The molecule has 3 N–H and O–H groups in total. The molecule has 3 aromatic rings. The highest BCUT2D eigenvalue weighted by Gasteiger charge is 2.55. The maximum Gasteiger partial charge on any atom is 0.136 e. The van der Waals surface area contributed by atoms with E-state index in [0.717, 1.165) is 74.5 Å². The third-order valence-electron chi connectivity index (χ3n) is 11.2. The van der Waals surface area contributed by atoms with Gasteiger partial charge in [-0.2, -0.15) is 0 Å². The minimum Gasteiger partial charge on any atom is -0.389 e. The van der Waals surface area contributed by atoms with E-state index in [9.17, 15) is 15.3 Å². The molecule has 0 aliphatic heterocycles. The van der Waals surface area contributed by atoms with E-state index < -0.39 is 23.2 Å². The van der Waals surface area contributed by atoms with Crippen molar-refractivity contribution in [1.82, 2.24) is 0 Å². The smallest absolute Gasteiger partial charge is 0.136 e. The molecule has 0 aliphatic carbocycles. The molecule has 3 nitrogen and oxygen atoms in total. The second-order valence-corrected chi connectivity index (χ2v) is 15.1. The monoisotopic (exact) mass is 697 g/mol. The van der Waals surface area contributed by atoms with Gasteiger partial charge in [-0.25, -0.2) is 0 Å². The van der Waals surface area contributed by atoms with Crippen LogP contribution in [0.5, 0.6) is 0 Å². The van der Waals surface area contributed by atoms with Crippen LogP contribution in [0.3, 0.4) is 0 Å². The molecule has 0 bridgehead atoms. The lowest BCUT2D eigenvalue weighted by atomic mass is 9.60. The lowest BCUT2D eigenvalue weighted by Gasteiger charge is -2.49. The molecular formula is C48H72O3. The van der Waals surface area contributed by atoms with Crippen LogP contribution in [0.1, 0.15) is 166 Å². The highest BCUT2D eigenvalue weighted by Crippen LogP contribution is 2.48. The summed E-state index contributed by atoms with van der Waals surface area (Å²) in [6.45, 7) is 6.68. The fourth-order valence-corrected chi connectivity index (χ4v) is 8.11. The van der Waals surface area contributed by atoms with E-state index >= 15 is 0 Å². The minimum absolute atomic E-state index is 0.128. The van der Waals surface area contributed by atoms with Gasteiger partial charge >= 0.3 is 0 Å². The summed E-state index contributed by atoms with van der Waals surface area (Å²) in [5, 5.41) is 39.0. The highest BCUT2D eigenvalue weighted by atomic mass is 16.4. The number of unbranched alkanes of at least 4 members (excludes halogenated alkanes) is 15. The minimum atomic E-state index is -1.90. The Bertz CT molecular complexity index is 1190.